The highest BCUT2D eigenvalue weighted by Crippen LogP contribution is 2.65. The molecule has 1 atom stereocenters. The Labute approximate surface area is 95.9 Å². The van der Waals surface area contributed by atoms with Crippen LogP contribution in [0.3, 0.4) is 0 Å². The van der Waals surface area contributed by atoms with Gasteiger partial charge in [-0.25, -0.2) is 0 Å². The maximum atomic E-state index is 12.5. The second-order valence-electron chi connectivity index (χ2n) is 4.96. The van der Waals surface area contributed by atoms with Crippen LogP contribution in [0, 0.1) is 5.41 Å². The van der Waals surface area contributed by atoms with E-state index in [2.05, 4.69) is 0 Å². The molecule has 1 saturated carbocycles. The van der Waals surface area contributed by atoms with Crippen molar-refractivity contribution in [2.24, 2.45) is 5.41 Å². The zero-order valence-electron chi connectivity index (χ0n) is 9.06. The van der Waals surface area contributed by atoms with E-state index in [0.29, 0.717) is 4.88 Å². The average molecular weight is 250 g/mol. The molecule has 0 amide bonds. The SMILES string of the molecule is CC1(C)CC1(CO)c1ccc(C(F)(F)F)s1. The van der Waals surface area contributed by atoms with E-state index in [1.54, 1.807) is 0 Å². The molecule has 1 aromatic rings. The molecule has 2 rings (SSSR count). The number of rotatable bonds is 2. The summed E-state index contributed by atoms with van der Waals surface area (Å²) in [5, 5.41) is 9.38. The van der Waals surface area contributed by atoms with Gasteiger partial charge in [-0.3, -0.25) is 0 Å². The lowest BCUT2D eigenvalue weighted by atomic mass is 9.95. The fourth-order valence-corrected chi connectivity index (χ4v) is 3.46. The molecule has 1 fully saturated rings. The third-order valence-electron chi connectivity index (χ3n) is 3.54. The van der Waals surface area contributed by atoms with Crippen molar-refractivity contribution < 1.29 is 18.3 Å². The number of hydrogen-bond donors (Lipinski definition) is 1. The van der Waals surface area contributed by atoms with Crippen LogP contribution in [0.1, 0.15) is 30.0 Å². The Hall–Kier alpha value is -0.550. The molecule has 1 aromatic heterocycles. The van der Waals surface area contributed by atoms with Crippen LogP contribution < -0.4 is 0 Å². The normalized spacial score (nSPS) is 28.1. The third kappa shape index (κ3) is 1.57. The molecule has 0 aliphatic heterocycles. The van der Waals surface area contributed by atoms with Gasteiger partial charge in [-0.05, 0) is 24.0 Å². The smallest absolute Gasteiger partial charge is 0.395 e. The molecular weight excluding hydrogens is 237 g/mol. The van der Waals surface area contributed by atoms with Crippen LogP contribution in [0.5, 0.6) is 0 Å². The van der Waals surface area contributed by atoms with Gasteiger partial charge in [-0.2, -0.15) is 13.2 Å². The highest BCUT2D eigenvalue weighted by Gasteiger charge is 2.62. The third-order valence-corrected chi connectivity index (χ3v) is 4.88. The first-order chi connectivity index (χ1) is 7.23. The van der Waals surface area contributed by atoms with Crippen LogP contribution in [-0.4, -0.2) is 11.7 Å². The minimum absolute atomic E-state index is 0.0855. The number of alkyl halides is 3. The molecule has 16 heavy (non-hydrogen) atoms. The summed E-state index contributed by atoms with van der Waals surface area (Å²) in [7, 11) is 0. The van der Waals surface area contributed by atoms with Crippen molar-refractivity contribution in [1.29, 1.82) is 0 Å². The zero-order chi connectivity index (χ0) is 12.2. The van der Waals surface area contributed by atoms with Crippen molar-refractivity contribution in [2.75, 3.05) is 6.61 Å². The number of hydrogen-bond acceptors (Lipinski definition) is 2. The van der Waals surface area contributed by atoms with E-state index in [1.807, 2.05) is 13.8 Å². The van der Waals surface area contributed by atoms with Crippen LogP contribution >= 0.6 is 11.3 Å². The molecule has 1 nitrogen and oxygen atoms in total. The monoisotopic (exact) mass is 250 g/mol. The quantitative estimate of drug-likeness (QED) is 0.852. The minimum atomic E-state index is -4.28. The highest BCUT2D eigenvalue weighted by molar-refractivity contribution is 7.12. The molecule has 90 valence electrons. The van der Waals surface area contributed by atoms with E-state index in [4.69, 9.17) is 0 Å². The number of aliphatic hydroxyl groups excluding tert-OH is 1. The van der Waals surface area contributed by atoms with Gasteiger partial charge in [0, 0.05) is 10.3 Å². The largest absolute Gasteiger partial charge is 0.425 e. The standard InChI is InChI=1S/C11H13F3OS/c1-9(2)5-10(9,6-15)7-3-4-8(16-7)11(12,13)14/h3-4,15H,5-6H2,1-2H3. The van der Waals surface area contributed by atoms with Crippen LogP contribution in [0.4, 0.5) is 13.2 Å². The van der Waals surface area contributed by atoms with Gasteiger partial charge in [0.2, 0.25) is 0 Å². The van der Waals surface area contributed by atoms with E-state index in [0.717, 1.165) is 23.8 Å². The molecule has 0 radical (unpaired) electrons. The number of thiophene rings is 1. The van der Waals surface area contributed by atoms with Crippen molar-refractivity contribution in [3.63, 3.8) is 0 Å². The number of halogens is 3. The average Bonchev–Trinajstić information content (AvgIpc) is 2.59. The maximum Gasteiger partial charge on any atom is 0.425 e. The number of aliphatic hydroxyl groups is 1. The minimum Gasteiger partial charge on any atom is -0.395 e. The van der Waals surface area contributed by atoms with Crippen LogP contribution in [0.25, 0.3) is 0 Å². The summed E-state index contributed by atoms with van der Waals surface area (Å²) in [6.07, 6.45) is -3.53. The predicted octanol–water partition coefficient (Wildman–Crippen LogP) is 3.43. The Bertz CT molecular complexity index is 408. The van der Waals surface area contributed by atoms with E-state index in [-0.39, 0.29) is 12.0 Å². The van der Waals surface area contributed by atoms with Gasteiger partial charge in [0.05, 0.1) is 6.61 Å². The molecule has 0 bridgehead atoms. The van der Waals surface area contributed by atoms with Crippen LogP contribution in [0.2, 0.25) is 0 Å². The molecule has 5 heteroatoms. The van der Waals surface area contributed by atoms with Gasteiger partial charge in [0.1, 0.15) is 4.88 Å². The van der Waals surface area contributed by atoms with Crippen LogP contribution in [-0.2, 0) is 11.6 Å². The second kappa shape index (κ2) is 3.23. The fraction of sp³-hybridized carbons (Fsp3) is 0.636. The first kappa shape index (κ1) is 11.9. The first-order valence-corrected chi connectivity index (χ1v) is 5.83. The molecule has 1 heterocycles. The van der Waals surface area contributed by atoms with E-state index in [1.165, 1.54) is 6.07 Å². The molecule has 0 saturated heterocycles. The lowest BCUT2D eigenvalue weighted by Crippen LogP contribution is -2.17. The van der Waals surface area contributed by atoms with E-state index >= 15 is 0 Å². The Morgan fingerprint density at radius 2 is 1.94 bits per heavy atom. The molecule has 0 spiro atoms. The second-order valence-corrected chi connectivity index (χ2v) is 6.05. The Morgan fingerprint density at radius 3 is 2.25 bits per heavy atom. The van der Waals surface area contributed by atoms with E-state index < -0.39 is 16.5 Å². The summed E-state index contributed by atoms with van der Waals surface area (Å²) >= 11 is 0.751. The van der Waals surface area contributed by atoms with E-state index in [9.17, 15) is 18.3 Å². The lowest BCUT2D eigenvalue weighted by molar-refractivity contribution is -0.134. The van der Waals surface area contributed by atoms with Crippen molar-refractivity contribution in [3.05, 3.63) is 21.9 Å². The summed E-state index contributed by atoms with van der Waals surface area (Å²) in [6.45, 7) is 3.85. The molecule has 1 N–H and O–H groups in total. The Kier molecular flexibility index (Phi) is 2.41. The van der Waals surface area contributed by atoms with Gasteiger partial charge in [-0.15, -0.1) is 11.3 Å². The summed E-state index contributed by atoms with van der Waals surface area (Å²) in [5.41, 5.74) is -0.559. The Morgan fingerprint density at radius 1 is 1.38 bits per heavy atom. The molecule has 1 aliphatic carbocycles. The van der Waals surface area contributed by atoms with Gasteiger partial charge in [0.25, 0.3) is 0 Å². The fourth-order valence-electron chi connectivity index (χ4n) is 2.23. The van der Waals surface area contributed by atoms with Gasteiger partial charge < -0.3 is 5.11 Å². The predicted molar refractivity (Wildman–Crippen MR) is 56.5 cm³/mol. The first-order valence-electron chi connectivity index (χ1n) is 5.01. The Balaban J connectivity index is 2.33. The topological polar surface area (TPSA) is 20.2 Å². The lowest BCUT2D eigenvalue weighted by Gasteiger charge is -2.15. The molecule has 0 aromatic carbocycles. The van der Waals surface area contributed by atoms with Crippen molar-refractivity contribution in [2.45, 2.75) is 31.9 Å². The molecule has 1 unspecified atom stereocenters. The molecular formula is C11H13F3OS. The molecule has 1 aliphatic rings. The van der Waals surface area contributed by atoms with Gasteiger partial charge in [-0.1, -0.05) is 13.8 Å². The summed E-state index contributed by atoms with van der Waals surface area (Å²) in [4.78, 5) is 0.0605. The van der Waals surface area contributed by atoms with Gasteiger partial charge in [0.15, 0.2) is 0 Å². The summed E-state index contributed by atoms with van der Waals surface area (Å²) < 4.78 is 37.4. The highest BCUT2D eigenvalue weighted by atomic mass is 32.1. The van der Waals surface area contributed by atoms with Crippen molar-refractivity contribution >= 4 is 11.3 Å². The van der Waals surface area contributed by atoms with Gasteiger partial charge >= 0.3 is 6.18 Å². The summed E-state index contributed by atoms with van der Waals surface area (Å²) in [5.74, 6) is 0. The van der Waals surface area contributed by atoms with Crippen LogP contribution in [0.15, 0.2) is 12.1 Å². The van der Waals surface area contributed by atoms with Crippen molar-refractivity contribution in [1.82, 2.24) is 0 Å². The maximum absolute atomic E-state index is 12.5. The zero-order valence-corrected chi connectivity index (χ0v) is 9.87. The van der Waals surface area contributed by atoms with Crippen molar-refractivity contribution in [3.8, 4) is 0 Å². The summed E-state index contributed by atoms with van der Waals surface area (Å²) in [6, 6.07) is 2.60.